The van der Waals surface area contributed by atoms with Crippen LogP contribution in [-0.4, -0.2) is 25.1 Å². The lowest BCUT2D eigenvalue weighted by Crippen LogP contribution is -2.09. The zero-order valence-electron chi connectivity index (χ0n) is 11.8. The molecule has 1 aliphatic carbocycles. The van der Waals surface area contributed by atoms with Crippen LogP contribution in [0.5, 0.6) is 0 Å². The third kappa shape index (κ3) is 1.92. The Morgan fingerprint density at radius 1 is 1.30 bits per heavy atom. The number of methoxy groups -OCH3 is 1. The first-order valence-corrected chi connectivity index (χ1v) is 6.95. The number of fused-ring (bicyclic) bond motifs is 3. The summed E-state index contributed by atoms with van der Waals surface area (Å²) in [6.07, 6.45) is 6.27. The zero-order chi connectivity index (χ0) is 14.1. The summed E-state index contributed by atoms with van der Waals surface area (Å²) in [6.45, 7) is 0. The smallest absolute Gasteiger partial charge is 0.341 e. The molecule has 4 nitrogen and oxygen atoms in total. The second-order valence-corrected chi connectivity index (χ2v) is 5.09. The van der Waals surface area contributed by atoms with Crippen molar-refractivity contribution in [3.63, 3.8) is 0 Å². The minimum atomic E-state index is -0.360. The largest absolute Gasteiger partial charge is 0.465 e. The maximum Gasteiger partial charge on any atom is 0.341 e. The number of esters is 1. The minimum Gasteiger partial charge on any atom is -0.465 e. The van der Waals surface area contributed by atoms with Gasteiger partial charge >= 0.3 is 5.97 Å². The quantitative estimate of drug-likeness (QED) is 0.852. The van der Waals surface area contributed by atoms with E-state index in [0.29, 0.717) is 5.56 Å². The molecule has 1 aromatic carbocycles. The van der Waals surface area contributed by atoms with Crippen molar-refractivity contribution in [3.05, 3.63) is 35.0 Å². The maximum atomic E-state index is 11.8. The number of carbonyl (C=O) groups is 1. The summed E-state index contributed by atoms with van der Waals surface area (Å²) in [5, 5.41) is 4.12. The van der Waals surface area contributed by atoms with Crippen molar-refractivity contribution < 1.29 is 9.53 Å². The van der Waals surface area contributed by atoms with Gasteiger partial charge in [-0.3, -0.25) is 4.98 Å². The molecule has 1 aliphatic rings. The van der Waals surface area contributed by atoms with E-state index in [1.165, 1.54) is 31.1 Å². The predicted octanol–water partition coefficient (Wildman–Crippen LogP) is 2.94. The highest BCUT2D eigenvalue weighted by Crippen LogP contribution is 2.33. The van der Waals surface area contributed by atoms with Gasteiger partial charge in [-0.2, -0.15) is 0 Å². The lowest BCUT2D eigenvalue weighted by atomic mass is 9.89. The summed E-state index contributed by atoms with van der Waals surface area (Å²) in [4.78, 5) is 16.4. The molecule has 1 N–H and O–H groups in total. The normalized spacial score (nSPS) is 13.9. The number of pyridine rings is 1. The Kier molecular flexibility index (Phi) is 3.30. The molecule has 0 saturated carbocycles. The molecule has 0 spiro atoms. The van der Waals surface area contributed by atoms with Crippen LogP contribution in [-0.2, 0) is 17.6 Å². The highest BCUT2D eigenvalue weighted by Gasteiger charge is 2.19. The first kappa shape index (κ1) is 12.9. The average Bonchev–Trinajstić information content (AvgIpc) is 2.52. The molecule has 0 bridgehead atoms. The Morgan fingerprint density at radius 2 is 2.10 bits per heavy atom. The van der Waals surface area contributed by atoms with Gasteiger partial charge in [0.1, 0.15) is 5.56 Å². The van der Waals surface area contributed by atoms with Crippen LogP contribution in [0.3, 0.4) is 0 Å². The van der Waals surface area contributed by atoms with Gasteiger partial charge in [-0.05, 0) is 36.8 Å². The van der Waals surface area contributed by atoms with Gasteiger partial charge in [-0.25, -0.2) is 4.79 Å². The van der Waals surface area contributed by atoms with Crippen LogP contribution in [0.1, 0.15) is 34.3 Å². The number of aromatic nitrogens is 1. The van der Waals surface area contributed by atoms with Gasteiger partial charge < -0.3 is 10.1 Å². The van der Waals surface area contributed by atoms with Crippen molar-refractivity contribution in [2.75, 3.05) is 19.5 Å². The Hall–Kier alpha value is -2.10. The standard InChI is InChI=1S/C16H18N2O2/c1-17-14-12-8-7-10-5-3-4-6-11(10)15(12)18-9-13(14)16(19)20-2/h7-9H,3-6H2,1-2H3,(H,17,18). The molecule has 4 heteroatoms. The third-order valence-corrected chi connectivity index (χ3v) is 4.02. The minimum absolute atomic E-state index is 0.360. The molecular formula is C16H18N2O2. The summed E-state index contributed by atoms with van der Waals surface area (Å²) in [5.41, 5.74) is 5.03. The van der Waals surface area contributed by atoms with Crippen LogP contribution < -0.4 is 5.32 Å². The fourth-order valence-corrected chi connectivity index (χ4v) is 3.03. The van der Waals surface area contributed by atoms with Crippen molar-refractivity contribution in [1.82, 2.24) is 4.98 Å². The van der Waals surface area contributed by atoms with E-state index in [1.807, 2.05) is 7.05 Å². The molecule has 1 heterocycles. The molecule has 0 atom stereocenters. The van der Waals surface area contributed by atoms with Crippen molar-refractivity contribution in [2.45, 2.75) is 25.7 Å². The molecule has 0 aliphatic heterocycles. The van der Waals surface area contributed by atoms with E-state index in [1.54, 1.807) is 6.20 Å². The van der Waals surface area contributed by atoms with Crippen LogP contribution in [0, 0.1) is 0 Å². The topological polar surface area (TPSA) is 51.2 Å². The van der Waals surface area contributed by atoms with Gasteiger partial charge in [-0.15, -0.1) is 0 Å². The highest BCUT2D eigenvalue weighted by atomic mass is 16.5. The predicted molar refractivity (Wildman–Crippen MR) is 79.3 cm³/mol. The summed E-state index contributed by atoms with van der Waals surface area (Å²) in [5.74, 6) is -0.360. The maximum absolute atomic E-state index is 11.8. The summed E-state index contributed by atoms with van der Waals surface area (Å²) in [7, 11) is 3.21. The number of nitrogens with zero attached hydrogens (tertiary/aromatic N) is 1. The molecule has 1 aromatic heterocycles. The Morgan fingerprint density at radius 3 is 2.85 bits per heavy atom. The summed E-state index contributed by atoms with van der Waals surface area (Å²) < 4.78 is 4.82. The van der Waals surface area contributed by atoms with Crippen LogP contribution in [0.4, 0.5) is 5.69 Å². The second-order valence-electron chi connectivity index (χ2n) is 5.09. The van der Waals surface area contributed by atoms with Gasteiger partial charge in [0.25, 0.3) is 0 Å². The molecule has 0 radical (unpaired) electrons. The number of benzene rings is 1. The van der Waals surface area contributed by atoms with Crippen LogP contribution in [0.2, 0.25) is 0 Å². The zero-order valence-corrected chi connectivity index (χ0v) is 11.8. The number of hydrogen-bond acceptors (Lipinski definition) is 4. The fourth-order valence-electron chi connectivity index (χ4n) is 3.03. The number of hydrogen-bond donors (Lipinski definition) is 1. The van der Waals surface area contributed by atoms with Gasteiger partial charge in [-0.1, -0.05) is 12.1 Å². The highest BCUT2D eigenvalue weighted by molar-refractivity contribution is 6.05. The van der Waals surface area contributed by atoms with Crippen molar-refractivity contribution in [2.24, 2.45) is 0 Å². The molecule has 0 saturated heterocycles. The first-order valence-electron chi connectivity index (χ1n) is 6.95. The van der Waals surface area contributed by atoms with E-state index in [0.717, 1.165) is 29.4 Å². The Labute approximate surface area is 118 Å². The van der Waals surface area contributed by atoms with Crippen molar-refractivity contribution >= 4 is 22.6 Å². The van der Waals surface area contributed by atoms with E-state index in [4.69, 9.17) is 4.74 Å². The van der Waals surface area contributed by atoms with Gasteiger partial charge in [0, 0.05) is 18.6 Å². The van der Waals surface area contributed by atoms with Crippen LogP contribution in [0.25, 0.3) is 10.9 Å². The molecule has 2 aromatic rings. The number of rotatable bonds is 2. The lowest BCUT2D eigenvalue weighted by molar-refractivity contribution is 0.0601. The SMILES string of the molecule is CNc1c(C(=O)OC)cnc2c3c(ccc12)CCCC3. The molecule has 0 fully saturated rings. The van der Waals surface area contributed by atoms with Crippen molar-refractivity contribution in [1.29, 1.82) is 0 Å². The van der Waals surface area contributed by atoms with Gasteiger partial charge in [0.05, 0.1) is 18.3 Å². The van der Waals surface area contributed by atoms with Crippen molar-refractivity contribution in [3.8, 4) is 0 Å². The molecular weight excluding hydrogens is 252 g/mol. The van der Waals surface area contributed by atoms with E-state index < -0.39 is 0 Å². The molecule has 104 valence electrons. The number of nitrogens with one attached hydrogen (secondary N) is 1. The van der Waals surface area contributed by atoms with E-state index in [2.05, 4.69) is 22.4 Å². The molecule has 0 unspecified atom stereocenters. The monoisotopic (exact) mass is 270 g/mol. The third-order valence-electron chi connectivity index (χ3n) is 4.02. The van der Waals surface area contributed by atoms with Gasteiger partial charge in [0.2, 0.25) is 0 Å². The fraction of sp³-hybridized carbons (Fsp3) is 0.375. The number of carbonyl (C=O) groups excluding carboxylic acids is 1. The number of aryl methyl sites for hydroxylation is 2. The van der Waals surface area contributed by atoms with E-state index in [-0.39, 0.29) is 5.97 Å². The molecule has 0 amide bonds. The lowest BCUT2D eigenvalue weighted by Gasteiger charge is -2.19. The average molecular weight is 270 g/mol. The van der Waals surface area contributed by atoms with E-state index in [9.17, 15) is 4.79 Å². The number of anilines is 1. The molecule has 3 rings (SSSR count). The Bertz CT molecular complexity index is 680. The summed E-state index contributed by atoms with van der Waals surface area (Å²) in [6, 6.07) is 4.23. The number of ether oxygens (including phenoxy) is 1. The summed E-state index contributed by atoms with van der Waals surface area (Å²) >= 11 is 0. The van der Waals surface area contributed by atoms with E-state index >= 15 is 0 Å². The van der Waals surface area contributed by atoms with Crippen LogP contribution >= 0.6 is 0 Å². The van der Waals surface area contributed by atoms with Crippen LogP contribution in [0.15, 0.2) is 18.3 Å². The first-order chi connectivity index (χ1) is 9.76. The molecule has 20 heavy (non-hydrogen) atoms. The van der Waals surface area contributed by atoms with Gasteiger partial charge in [0.15, 0.2) is 0 Å². The second kappa shape index (κ2) is 5.12. The Balaban J connectivity index is 2.27.